The number of hydrogen-bond acceptors (Lipinski definition) is 3. The van der Waals surface area contributed by atoms with Gasteiger partial charge in [0, 0.05) is 12.2 Å². The molecule has 0 amide bonds. The summed E-state index contributed by atoms with van der Waals surface area (Å²) in [6, 6.07) is 8.20. The highest BCUT2D eigenvalue weighted by molar-refractivity contribution is 5.74. The number of nitrogens with one attached hydrogen (secondary N) is 2. The molecule has 2 N–H and O–H groups in total. The summed E-state index contributed by atoms with van der Waals surface area (Å²) < 4.78 is 0. The van der Waals surface area contributed by atoms with Crippen LogP contribution in [0.5, 0.6) is 0 Å². The monoisotopic (exact) mass is 429 g/mol. The lowest BCUT2D eigenvalue weighted by Crippen LogP contribution is -2.26. The fraction of sp³-hybridized carbons (Fsp3) is 0.333. The zero-order valence-electron chi connectivity index (χ0n) is 19.6. The lowest BCUT2D eigenvalue weighted by molar-refractivity contribution is 0.266. The van der Waals surface area contributed by atoms with Crippen LogP contribution < -0.4 is 0 Å². The van der Waals surface area contributed by atoms with Crippen molar-refractivity contribution in [3.05, 3.63) is 95.9 Å². The number of H-pyrrole nitrogens is 2. The molecule has 2 aromatic heterocycles. The van der Waals surface area contributed by atoms with Crippen LogP contribution in [0.1, 0.15) is 49.7 Å². The van der Waals surface area contributed by atoms with E-state index < -0.39 is 0 Å². The Hall–Kier alpha value is -3.18. The van der Waals surface area contributed by atoms with Crippen LogP contribution in [0.3, 0.4) is 0 Å². The normalized spacial score (nSPS) is 13.1. The molecule has 0 aliphatic heterocycles. The number of hydrogen-bond donors (Lipinski definition) is 2. The fourth-order valence-electron chi connectivity index (χ4n) is 3.82. The van der Waals surface area contributed by atoms with Crippen LogP contribution in [0.25, 0.3) is 11.0 Å². The van der Waals surface area contributed by atoms with Gasteiger partial charge in [-0.25, -0.2) is 9.97 Å². The maximum Gasteiger partial charge on any atom is 0.121 e. The van der Waals surface area contributed by atoms with Crippen molar-refractivity contribution in [3.63, 3.8) is 0 Å². The maximum atomic E-state index is 4.86. The molecule has 0 unspecified atom stereocenters. The summed E-state index contributed by atoms with van der Waals surface area (Å²) in [5, 5.41) is 0. The highest BCUT2D eigenvalue weighted by atomic mass is 15.2. The van der Waals surface area contributed by atoms with E-state index in [0.29, 0.717) is 0 Å². The Bertz CT molecular complexity index is 1060. The lowest BCUT2D eigenvalue weighted by Gasteiger charge is -2.21. The van der Waals surface area contributed by atoms with Gasteiger partial charge in [-0.2, -0.15) is 0 Å². The summed E-state index contributed by atoms with van der Waals surface area (Å²) in [5.74, 6) is 2.02. The van der Waals surface area contributed by atoms with Gasteiger partial charge in [0.05, 0.1) is 29.8 Å². The Morgan fingerprint density at radius 3 is 2.53 bits per heavy atom. The lowest BCUT2D eigenvalue weighted by atomic mass is 10.1. The molecule has 32 heavy (non-hydrogen) atoms. The van der Waals surface area contributed by atoms with E-state index in [4.69, 9.17) is 9.97 Å². The summed E-state index contributed by atoms with van der Waals surface area (Å²) in [6.07, 6.45) is 15.6. The second-order valence-corrected chi connectivity index (χ2v) is 8.10. The first kappa shape index (κ1) is 23.5. The Morgan fingerprint density at radius 2 is 1.78 bits per heavy atom. The van der Waals surface area contributed by atoms with Gasteiger partial charge in [0.2, 0.25) is 0 Å². The third-order valence-corrected chi connectivity index (χ3v) is 5.20. The van der Waals surface area contributed by atoms with Gasteiger partial charge in [-0.05, 0) is 38.8 Å². The molecule has 5 nitrogen and oxygen atoms in total. The number of nitrogens with zero attached hydrogens (tertiary/aromatic N) is 3. The van der Waals surface area contributed by atoms with E-state index in [-0.39, 0.29) is 0 Å². The van der Waals surface area contributed by atoms with Crippen molar-refractivity contribution < 1.29 is 0 Å². The third-order valence-electron chi connectivity index (χ3n) is 5.20. The molecule has 4 rings (SSSR count). The van der Waals surface area contributed by atoms with Gasteiger partial charge in [-0.1, -0.05) is 67.5 Å². The van der Waals surface area contributed by atoms with Gasteiger partial charge < -0.3 is 9.97 Å². The van der Waals surface area contributed by atoms with Crippen molar-refractivity contribution in [1.82, 2.24) is 24.8 Å². The molecule has 0 spiro atoms. The van der Waals surface area contributed by atoms with Crippen molar-refractivity contribution in [2.45, 2.75) is 53.1 Å². The van der Waals surface area contributed by atoms with E-state index in [1.165, 1.54) is 17.0 Å². The molecule has 0 bridgehead atoms. The molecule has 5 heteroatoms. The summed E-state index contributed by atoms with van der Waals surface area (Å²) in [5.41, 5.74) is 5.86. The van der Waals surface area contributed by atoms with Crippen molar-refractivity contribution in [2.24, 2.45) is 0 Å². The number of aromatic nitrogens is 4. The molecule has 1 aliphatic rings. The molecule has 0 fully saturated rings. The van der Waals surface area contributed by atoms with E-state index in [0.717, 1.165) is 61.6 Å². The number of imidazole rings is 2. The number of aryl methyl sites for hydroxylation is 2. The smallest absolute Gasteiger partial charge is 0.121 e. The molecule has 2 heterocycles. The second kappa shape index (κ2) is 12.0. The van der Waals surface area contributed by atoms with E-state index >= 15 is 0 Å². The first-order chi connectivity index (χ1) is 15.6. The van der Waals surface area contributed by atoms with Crippen LogP contribution in [-0.4, -0.2) is 31.4 Å². The largest absolute Gasteiger partial charge is 0.345 e. The van der Waals surface area contributed by atoms with Crippen LogP contribution in [-0.2, 0) is 19.5 Å². The SMILES string of the molecule is C=CC.CCCc1nc(CN(CC2=CC=CC=CC2)Cc2nc3ccccc3[nH]2)[nH]c1C. The van der Waals surface area contributed by atoms with Crippen LogP contribution in [0, 0.1) is 6.92 Å². The number of fused-ring (bicyclic) bond motifs is 1. The minimum Gasteiger partial charge on any atom is -0.345 e. The summed E-state index contributed by atoms with van der Waals surface area (Å²) >= 11 is 0. The quantitative estimate of drug-likeness (QED) is 0.420. The van der Waals surface area contributed by atoms with Gasteiger partial charge in [0.15, 0.2) is 0 Å². The zero-order valence-corrected chi connectivity index (χ0v) is 19.6. The molecule has 1 aromatic carbocycles. The Kier molecular flexibility index (Phi) is 8.81. The van der Waals surface area contributed by atoms with Crippen LogP contribution in [0.4, 0.5) is 0 Å². The summed E-state index contributed by atoms with van der Waals surface area (Å²) in [7, 11) is 0. The third kappa shape index (κ3) is 6.66. The first-order valence-electron chi connectivity index (χ1n) is 11.4. The van der Waals surface area contributed by atoms with Crippen molar-refractivity contribution in [3.8, 4) is 0 Å². The minimum atomic E-state index is 0.752. The molecule has 0 saturated heterocycles. The number of rotatable bonds is 8. The number of para-hydroxylation sites is 2. The van der Waals surface area contributed by atoms with Gasteiger partial charge in [-0.3, -0.25) is 4.90 Å². The van der Waals surface area contributed by atoms with Crippen LogP contribution in [0.15, 0.2) is 72.9 Å². The molecule has 3 aromatic rings. The molecular formula is C27H35N5. The summed E-state index contributed by atoms with van der Waals surface area (Å²) in [4.78, 5) is 19.0. The van der Waals surface area contributed by atoms with E-state index in [9.17, 15) is 0 Å². The predicted octanol–water partition coefficient (Wildman–Crippen LogP) is 6.18. The first-order valence-corrected chi connectivity index (χ1v) is 11.4. The molecular weight excluding hydrogens is 394 g/mol. The number of allylic oxidation sites excluding steroid dienone is 6. The van der Waals surface area contributed by atoms with Gasteiger partial charge >= 0.3 is 0 Å². The average molecular weight is 430 g/mol. The highest BCUT2D eigenvalue weighted by Gasteiger charge is 2.15. The Balaban J connectivity index is 0.000000913. The van der Waals surface area contributed by atoms with E-state index in [2.05, 4.69) is 77.8 Å². The Morgan fingerprint density at radius 1 is 1.03 bits per heavy atom. The van der Waals surface area contributed by atoms with E-state index in [1.807, 2.05) is 19.1 Å². The number of benzene rings is 1. The van der Waals surface area contributed by atoms with Crippen molar-refractivity contribution >= 4 is 11.0 Å². The predicted molar refractivity (Wildman–Crippen MR) is 134 cm³/mol. The molecule has 1 aliphatic carbocycles. The van der Waals surface area contributed by atoms with Crippen molar-refractivity contribution in [1.29, 1.82) is 0 Å². The minimum absolute atomic E-state index is 0.752. The number of aromatic amines is 2. The second-order valence-electron chi connectivity index (χ2n) is 8.10. The van der Waals surface area contributed by atoms with Crippen LogP contribution >= 0.6 is 0 Å². The van der Waals surface area contributed by atoms with Gasteiger partial charge in [-0.15, -0.1) is 6.58 Å². The Labute approximate surface area is 191 Å². The topological polar surface area (TPSA) is 60.6 Å². The molecule has 0 saturated carbocycles. The molecule has 0 radical (unpaired) electrons. The maximum absolute atomic E-state index is 4.86. The highest BCUT2D eigenvalue weighted by Crippen LogP contribution is 2.17. The van der Waals surface area contributed by atoms with Gasteiger partial charge in [0.1, 0.15) is 11.6 Å². The fourth-order valence-corrected chi connectivity index (χ4v) is 3.82. The average Bonchev–Trinajstić information content (AvgIpc) is 3.22. The van der Waals surface area contributed by atoms with Crippen LogP contribution in [0.2, 0.25) is 0 Å². The van der Waals surface area contributed by atoms with Gasteiger partial charge in [0.25, 0.3) is 0 Å². The standard InChI is InChI=1S/C24H29N5.C3H6/c1-3-10-20-18(2)25-23(26-20)16-29(15-19-11-6-4-5-7-12-19)17-24-27-21-13-8-9-14-22(21)28-24;1-3-2/h4-9,11,13-14H,3,10,12,15-17H2,1-2H3,(H,25,26)(H,27,28);3H,1H2,2H3. The molecule has 0 atom stereocenters. The summed E-state index contributed by atoms with van der Waals surface area (Å²) in [6.45, 7) is 12.0. The zero-order chi connectivity index (χ0) is 22.8. The van der Waals surface area contributed by atoms with E-state index in [1.54, 1.807) is 6.08 Å². The van der Waals surface area contributed by atoms with Crippen molar-refractivity contribution in [2.75, 3.05) is 6.54 Å². The molecule has 168 valence electrons.